The lowest BCUT2D eigenvalue weighted by atomic mass is 10.0. The minimum absolute atomic E-state index is 0.144. The third-order valence-corrected chi connectivity index (χ3v) is 4.15. The predicted molar refractivity (Wildman–Crippen MR) is 107 cm³/mol. The second-order valence-corrected chi connectivity index (χ2v) is 6.01. The Morgan fingerprint density at radius 3 is 2.73 bits per heavy atom. The Labute approximate surface area is 154 Å². The van der Waals surface area contributed by atoms with Gasteiger partial charge in [-0.15, -0.1) is 0 Å². The van der Waals surface area contributed by atoms with Gasteiger partial charge in [-0.25, -0.2) is 0 Å². The summed E-state index contributed by atoms with van der Waals surface area (Å²) < 4.78 is 5.63. The number of hydrogen-bond acceptors (Lipinski definition) is 3. The highest BCUT2D eigenvalue weighted by atomic mass is 16.5. The van der Waals surface area contributed by atoms with E-state index in [9.17, 15) is 0 Å². The summed E-state index contributed by atoms with van der Waals surface area (Å²) in [5.74, 6) is 1.52. The fraction of sp³-hybridized carbons (Fsp3) is 0.238. The Morgan fingerprint density at radius 2 is 1.96 bits per heavy atom. The Kier molecular flexibility index (Phi) is 6.04. The molecule has 1 aromatic heterocycles. The van der Waals surface area contributed by atoms with Crippen molar-refractivity contribution in [1.82, 2.24) is 15.6 Å². The molecule has 0 spiro atoms. The van der Waals surface area contributed by atoms with Crippen LogP contribution in [0.5, 0.6) is 5.75 Å². The second-order valence-electron chi connectivity index (χ2n) is 6.01. The molecule has 5 heteroatoms. The van der Waals surface area contributed by atoms with Crippen LogP contribution in [0.15, 0.2) is 72.0 Å². The van der Waals surface area contributed by atoms with Crippen LogP contribution in [-0.4, -0.2) is 31.1 Å². The van der Waals surface area contributed by atoms with Gasteiger partial charge in [0.2, 0.25) is 0 Å². The molecule has 0 aliphatic heterocycles. The summed E-state index contributed by atoms with van der Waals surface area (Å²) in [6.07, 6.45) is 3.43. The summed E-state index contributed by atoms with van der Waals surface area (Å²) in [7, 11) is 1.77. The summed E-state index contributed by atoms with van der Waals surface area (Å²) in [6, 6.07) is 18.8. The van der Waals surface area contributed by atoms with E-state index >= 15 is 0 Å². The fourth-order valence-corrected chi connectivity index (χ4v) is 2.73. The number of pyridine rings is 1. The maximum Gasteiger partial charge on any atom is 0.191 e. The Morgan fingerprint density at radius 1 is 1.12 bits per heavy atom. The molecule has 0 amide bonds. The average molecular weight is 348 g/mol. The maximum absolute atomic E-state index is 5.63. The molecule has 0 fully saturated rings. The zero-order valence-electron chi connectivity index (χ0n) is 15.1. The van der Waals surface area contributed by atoms with Gasteiger partial charge in [0.05, 0.1) is 18.8 Å². The van der Waals surface area contributed by atoms with Gasteiger partial charge in [-0.3, -0.25) is 9.98 Å². The van der Waals surface area contributed by atoms with Crippen molar-refractivity contribution in [3.8, 4) is 5.75 Å². The van der Waals surface area contributed by atoms with Crippen LogP contribution in [0.4, 0.5) is 0 Å². The van der Waals surface area contributed by atoms with E-state index < -0.39 is 0 Å². The van der Waals surface area contributed by atoms with E-state index in [-0.39, 0.29) is 6.04 Å². The van der Waals surface area contributed by atoms with Crippen LogP contribution >= 0.6 is 0 Å². The molecule has 0 bridgehead atoms. The highest BCUT2D eigenvalue weighted by Gasteiger charge is 2.08. The van der Waals surface area contributed by atoms with Crippen LogP contribution in [0.2, 0.25) is 0 Å². The number of aromatic nitrogens is 1. The zero-order valence-corrected chi connectivity index (χ0v) is 15.1. The Hall–Kier alpha value is -3.08. The normalized spacial score (nSPS) is 12.6. The summed E-state index contributed by atoms with van der Waals surface area (Å²) in [5.41, 5.74) is 1.22. The first kappa shape index (κ1) is 17.7. The molecule has 1 heterocycles. The summed E-state index contributed by atoms with van der Waals surface area (Å²) in [4.78, 5) is 8.31. The van der Waals surface area contributed by atoms with Crippen molar-refractivity contribution >= 4 is 16.7 Å². The molecule has 3 rings (SSSR count). The quantitative estimate of drug-likeness (QED) is 0.406. The molecule has 2 aromatic carbocycles. The third-order valence-electron chi connectivity index (χ3n) is 4.15. The molecule has 1 atom stereocenters. The van der Waals surface area contributed by atoms with Crippen molar-refractivity contribution < 1.29 is 4.74 Å². The van der Waals surface area contributed by atoms with Gasteiger partial charge in [0.1, 0.15) is 12.4 Å². The number of ether oxygens (including phenoxy) is 1. The first-order valence-corrected chi connectivity index (χ1v) is 8.75. The number of guanidine groups is 1. The van der Waals surface area contributed by atoms with E-state index in [1.54, 1.807) is 19.4 Å². The lowest BCUT2D eigenvalue weighted by Crippen LogP contribution is -2.40. The summed E-state index contributed by atoms with van der Waals surface area (Å²) in [5, 5.41) is 9.18. The van der Waals surface area contributed by atoms with Crippen molar-refractivity contribution in [2.45, 2.75) is 13.0 Å². The van der Waals surface area contributed by atoms with E-state index in [0.29, 0.717) is 13.2 Å². The molecule has 5 nitrogen and oxygen atoms in total. The van der Waals surface area contributed by atoms with Crippen LogP contribution < -0.4 is 15.4 Å². The predicted octanol–water partition coefficient (Wildman–Crippen LogP) is 3.54. The minimum atomic E-state index is 0.144. The number of rotatable bonds is 6. The van der Waals surface area contributed by atoms with Crippen LogP contribution in [0.1, 0.15) is 18.5 Å². The molecule has 0 saturated carbocycles. The van der Waals surface area contributed by atoms with Crippen molar-refractivity contribution in [1.29, 1.82) is 0 Å². The number of hydrogen-bond donors (Lipinski definition) is 2. The van der Waals surface area contributed by atoms with Gasteiger partial charge in [-0.2, -0.15) is 0 Å². The van der Waals surface area contributed by atoms with Crippen molar-refractivity contribution in [2.24, 2.45) is 4.99 Å². The van der Waals surface area contributed by atoms with Gasteiger partial charge in [0.25, 0.3) is 0 Å². The van der Waals surface area contributed by atoms with Gasteiger partial charge in [0.15, 0.2) is 5.96 Å². The van der Waals surface area contributed by atoms with Gasteiger partial charge in [0, 0.05) is 13.2 Å². The largest absolute Gasteiger partial charge is 0.490 e. The van der Waals surface area contributed by atoms with E-state index in [0.717, 1.165) is 11.7 Å². The number of benzene rings is 2. The van der Waals surface area contributed by atoms with E-state index in [2.05, 4.69) is 70.0 Å². The zero-order chi connectivity index (χ0) is 18.2. The van der Waals surface area contributed by atoms with Crippen molar-refractivity contribution in [3.63, 3.8) is 0 Å². The average Bonchev–Trinajstić information content (AvgIpc) is 2.70. The molecule has 0 aliphatic carbocycles. The van der Waals surface area contributed by atoms with Gasteiger partial charge in [-0.1, -0.05) is 36.4 Å². The number of fused-ring (bicyclic) bond motifs is 1. The third kappa shape index (κ3) is 4.72. The van der Waals surface area contributed by atoms with Crippen LogP contribution in [0.25, 0.3) is 10.8 Å². The molecule has 2 N–H and O–H groups in total. The lowest BCUT2D eigenvalue weighted by molar-refractivity contribution is 0.320. The lowest BCUT2D eigenvalue weighted by Gasteiger charge is -2.19. The van der Waals surface area contributed by atoms with E-state index in [1.165, 1.54) is 16.3 Å². The fourth-order valence-electron chi connectivity index (χ4n) is 2.73. The summed E-state index contributed by atoms with van der Waals surface area (Å²) in [6.45, 7) is 3.32. The van der Waals surface area contributed by atoms with E-state index in [4.69, 9.17) is 4.74 Å². The minimum Gasteiger partial charge on any atom is -0.490 e. The van der Waals surface area contributed by atoms with Gasteiger partial charge in [-0.05, 0) is 41.5 Å². The monoisotopic (exact) mass is 348 g/mol. The number of aliphatic imine (C=N–C) groups is 1. The standard InChI is InChI=1S/C21H24N4O/c1-16(18-10-9-17-6-3-4-7-19(17)14-18)25-21(22-2)24-12-13-26-20-8-5-11-23-15-20/h3-11,14-16H,12-13H2,1-2H3,(H2,22,24,25). The molecule has 0 radical (unpaired) electrons. The smallest absolute Gasteiger partial charge is 0.191 e. The van der Waals surface area contributed by atoms with Crippen LogP contribution in [0.3, 0.4) is 0 Å². The van der Waals surface area contributed by atoms with Crippen LogP contribution in [-0.2, 0) is 0 Å². The topological polar surface area (TPSA) is 58.5 Å². The molecule has 0 aliphatic rings. The van der Waals surface area contributed by atoms with Gasteiger partial charge >= 0.3 is 0 Å². The highest BCUT2D eigenvalue weighted by molar-refractivity contribution is 5.84. The highest BCUT2D eigenvalue weighted by Crippen LogP contribution is 2.20. The molecule has 0 saturated heterocycles. The van der Waals surface area contributed by atoms with Crippen molar-refractivity contribution in [3.05, 3.63) is 72.6 Å². The first-order valence-electron chi connectivity index (χ1n) is 8.75. The number of nitrogens with zero attached hydrogens (tertiary/aromatic N) is 2. The Balaban J connectivity index is 1.51. The Bertz CT molecular complexity index is 864. The maximum atomic E-state index is 5.63. The molecule has 3 aromatic rings. The second kappa shape index (κ2) is 8.85. The number of nitrogens with one attached hydrogen (secondary N) is 2. The first-order chi connectivity index (χ1) is 12.8. The molecule has 26 heavy (non-hydrogen) atoms. The molecule has 1 unspecified atom stereocenters. The van der Waals surface area contributed by atoms with E-state index in [1.807, 2.05) is 12.1 Å². The molecular weight excluding hydrogens is 324 g/mol. The van der Waals surface area contributed by atoms with Gasteiger partial charge < -0.3 is 15.4 Å². The van der Waals surface area contributed by atoms with Crippen LogP contribution in [0, 0.1) is 0 Å². The summed E-state index contributed by atoms with van der Waals surface area (Å²) >= 11 is 0. The molecule has 134 valence electrons. The van der Waals surface area contributed by atoms with Crippen molar-refractivity contribution in [2.75, 3.05) is 20.2 Å². The molecular formula is C21H24N4O. The SMILES string of the molecule is CN=C(NCCOc1cccnc1)NC(C)c1ccc2ccccc2c1.